The number of amides is 1. The molecule has 144 valence electrons. The van der Waals surface area contributed by atoms with Gasteiger partial charge >= 0.3 is 5.97 Å². The molecule has 0 aliphatic heterocycles. The summed E-state index contributed by atoms with van der Waals surface area (Å²) in [6.07, 6.45) is 1.08. The summed E-state index contributed by atoms with van der Waals surface area (Å²) in [7, 11) is -3.75. The van der Waals surface area contributed by atoms with Crippen molar-refractivity contribution in [2.24, 2.45) is 0 Å². The van der Waals surface area contributed by atoms with Gasteiger partial charge in [-0.05, 0) is 18.6 Å². The number of carboxylic acid groups (broad SMARTS) is 1. The number of aromatic carboxylic acids is 1. The minimum absolute atomic E-state index is 0.0522. The average molecular weight is 402 g/mol. The number of aromatic nitrogens is 3. The lowest BCUT2D eigenvalue weighted by atomic mass is 10.0. The fourth-order valence-electron chi connectivity index (χ4n) is 3.55. The van der Waals surface area contributed by atoms with Gasteiger partial charge in [-0.15, -0.1) is 0 Å². The van der Waals surface area contributed by atoms with Crippen molar-refractivity contribution in [3.05, 3.63) is 56.8 Å². The quantitative estimate of drug-likeness (QED) is 0.445. The van der Waals surface area contributed by atoms with Crippen molar-refractivity contribution in [2.45, 2.75) is 13.3 Å². The standard InChI is InChI=1S/C17H14N4O6S/c1-7-12(17(24)25)18-14-16(23)19-13-8-4-3-5-9(15(22)20-28(2,26)27)10(8)6-11(13)21(7)14/h3-5H,6H2,1-2H3,(H,19,23)(H,20,22)(H,24,25). The Morgan fingerprint density at radius 2 is 2.04 bits per heavy atom. The van der Waals surface area contributed by atoms with E-state index in [9.17, 15) is 27.9 Å². The lowest BCUT2D eigenvalue weighted by Crippen LogP contribution is -2.30. The summed E-state index contributed by atoms with van der Waals surface area (Å²) in [5.74, 6) is -2.03. The van der Waals surface area contributed by atoms with E-state index in [1.807, 2.05) is 4.72 Å². The SMILES string of the molecule is Cc1c(C(=O)O)nc2c(=O)[nH]c3c(n12)Cc1c(C(=O)NS(C)(=O)=O)cccc1-3. The van der Waals surface area contributed by atoms with Crippen molar-refractivity contribution in [3.8, 4) is 11.3 Å². The predicted octanol–water partition coefficient (Wildman–Crippen LogP) is 0.290. The van der Waals surface area contributed by atoms with Crippen molar-refractivity contribution in [2.75, 3.05) is 6.26 Å². The Kier molecular flexibility index (Phi) is 3.69. The molecule has 2 aromatic heterocycles. The molecule has 4 rings (SSSR count). The average Bonchev–Trinajstić information content (AvgIpc) is 3.12. The van der Waals surface area contributed by atoms with Gasteiger partial charge < -0.3 is 10.1 Å². The van der Waals surface area contributed by atoms with Crippen LogP contribution in [0.1, 0.15) is 37.8 Å². The van der Waals surface area contributed by atoms with Crippen molar-refractivity contribution >= 4 is 27.5 Å². The summed E-state index contributed by atoms with van der Waals surface area (Å²) in [5.41, 5.74) is 1.72. The molecule has 0 unspecified atom stereocenters. The molecule has 3 N–H and O–H groups in total. The van der Waals surface area contributed by atoms with Crippen LogP contribution in [0.2, 0.25) is 0 Å². The van der Waals surface area contributed by atoms with E-state index in [2.05, 4.69) is 9.97 Å². The van der Waals surface area contributed by atoms with Gasteiger partial charge in [0, 0.05) is 17.5 Å². The number of carboxylic acids is 1. The Balaban J connectivity index is 1.96. The molecule has 10 nitrogen and oxygen atoms in total. The minimum Gasteiger partial charge on any atom is -0.476 e. The number of hydrogen-bond acceptors (Lipinski definition) is 6. The van der Waals surface area contributed by atoms with Gasteiger partial charge in [0.05, 0.1) is 23.3 Å². The third-order valence-corrected chi connectivity index (χ3v) is 5.18. The molecule has 0 spiro atoms. The molecular formula is C17H14N4O6S. The molecule has 0 atom stereocenters. The Morgan fingerprint density at radius 1 is 1.32 bits per heavy atom. The Morgan fingerprint density at radius 3 is 2.68 bits per heavy atom. The van der Waals surface area contributed by atoms with E-state index in [-0.39, 0.29) is 23.3 Å². The lowest BCUT2D eigenvalue weighted by molar-refractivity contribution is 0.0690. The topological polar surface area (TPSA) is 151 Å². The number of nitrogens with zero attached hydrogens (tertiary/aromatic N) is 2. The number of benzene rings is 1. The summed E-state index contributed by atoms with van der Waals surface area (Å²) < 4.78 is 26.2. The van der Waals surface area contributed by atoms with Crippen LogP contribution in [-0.4, -0.2) is 46.0 Å². The van der Waals surface area contributed by atoms with Gasteiger partial charge in [0.1, 0.15) is 0 Å². The predicted molar refractivity (Wildman–Crippen MR) is 98.1 cm³/mol. The molecule has 1 aromatic carbocycles. The number of nitrogens with one attached hydrogen (secondary N) is 2. The van der Waals surface area contributed by atoms with Gasteiger partial charge in [0.2, 0.25) is 15.7 Å². The summed E-state index contributed by atoms with van der Waals surface area (Å²) in [5, 5.41) is 9.31. The highest BCUT2D eigenvalue weighted by atomic mass is 32.2. The second-order valence-electron chi connectivity index (χ2n) is 6.50. The van der Waals surface area contributed by atoms with E-state index >= 15 is 0 Å². The van der Waals surface area contributed by atoms with Crippen LogP contribution in [0.5, 0.6) is 0 Å². The highest BCUT2D eigenvalue weighted by Crippen LogP contribution is 2.37. The van der Waals surface area contributed by atoms with Crippen LogP contribution in [0.3, 0.4) is 0 Å². The van der Waals surface area contributed by atoms with Crippen LogP contribution >= 0.6 is 0 Å². The Hall–Kier alpha value is -3.47. The number of carbonyl (C=O) groups is 2. The number of aromatic amines is 1. The number of carbonyl (C=O) groups excluding carboxylic acids is 1. The largest absolute Gasteiger partial charge is 0.476 e. The zero-order chi connectivity index (χ0) is 20.4. The van der Waals surface area contributed by atoms with E-state index in [1.165, 1.54) is 10.5 Å². The zero-order valence-corrected chi connectivity index (χ0v) is 15.5. The summed E-state index contributed by atoms with van der Waals surface area (Å²) in [6, 6.07) is 4.77. The number of H-pyrrole nitrogens is 1. The number of aryl methyl sites for hydroxylation is 1. The van der Waals surface area contributed by atoms with E-state index < -0.39 is 27.5 Å². The molecule has 0 fully saturated rings. The van der Waals surface area contributed by atoms with Crippen LogP contribution < -0.4 is 10.3 Å². The van der Waals surface area contributed by atoms with Crippen LogP contribution in [0.15, 0.2) is 23.0 Å². The van der Waals surface area contributed by atoms with Gasteiger partial charge in [-0.3, -0.25) is 14.0 Å². The first-order valence-electron chi connectivity index (χ1n) is 8.10. The van der Waals surface area contributed by atoms with Crippen molar-refractivity contribution in [1.29, 1.82) is 0 Å². The highest BCUT2D eigenvalue weighted by molar-refractivity contribution is 7.89. The first-order valence-corrected chi connectivity index (χ1v) is 9.99. The molecule has 1 amide bonds. The fourth-order valence-corrected chi connectivity index (χ4v) is 3.99. The first-order chi connectivity index (χ1) is 13.1. The smallest absolute Gasteiger partial charge is 0.356 e. The summed E-state index contributed by atoms with van der Waals surface area (Å²) >= 11 is 0. The summed E-state index contributed by atoms with van der Waals surface area (Å²) in [4.78, 5) is 42.9. The number of rotatable bonds is 3. The second-order valence-corrected chi connectivity index (χ2v) is 8.25. The van der Waals surface area contributed by atoms with Crippen LogP contribution in [0.25, 0.3) is 16.9 Å². The zero-order valence-electron chi connectivity index (χ0n) is 14.7. The van der Waals surface area contributed by atoms with Crippen molar-refractivity contribution < 1.29 is 23.1 Å². The second kappa shape index (κ2) is 5.76. The lowest BCUT2D eigenvalue weighted by Gasteiger charge is -2.07. The van der Waals surface area contributed by atoms with Crippen molar-refractivity contribution in [3.63, 3.8) is 0 Å². The monoisotopic (exact) mass is 402 g/mol. The van der Waals surface area contributed by atoms with Gasteiger partial charge in [0.25, 0.3) is 11.5 Å². The normalized spacial score (nSPS) is 12.6. The molecule has 0 bridgehead atoms. The van der Waals surface area contributed by atoms with Gasteiger partial charge in [-0.1, -0.05) is 12.1 Å². The van der Waals surface area contributed by atoms with Crippen molar-refractivity contribution in [1.82, 2.24) is 19.1 Å². The third kappa shape index (κ3) is 2.59. The number of fused-ring (bicyclic) bond motifs is 5. The molecule has 0 radical (unpaired) electrons. The third-order valence-electron chi connectivity index (χ3n) is 4.62. The Bertz CT molecular complexity index is 1370. The van der Waals surface area contributed by atoms with E-state index in [1.54, 1.807) is 19.1 Å². The van der Waals surface area contributed by atoms with Crippen LogP contribution in [0, 0.1) is 6.92 Å². The number of hydrogen-bond donors (Lipinski definition) is 3. The van der Waals surface area contributed by atoms with Crippen LogP contribution in [0.4, 0.5) is 0 Å². The highest BCUT2D eigenvalue weighted by Gasteiger charge is 2.30. The molecule has 0 saturated carbocycles. The maximum atomic E-state index is 12.5. The maximum Gasteiger partial charge on any atom is 0.356 e. The summed E-state index contributed by atoms with van der Waals surface area (Å²) in [6.45, 7) is 1.55. The van der Waals surface area contributed by atoms with E-state index in [0.29, 0.717) is 28.2 Å². The molecule has 1 aliphatic rings. The van der Waals surface area contributed by atoms with E-state index in [4.69, 9.17) is 0 Å². The maximum absolute atomic E-state index is 12.5. The minimum atomic E-state index is -3.75. The molecule has 11 heteroatoms. The molecule has 3 aromatic rings. The number of sulfonamides is 1. The van der Waals surface area contributed by atoms with Gasteiger partial charge in [-0.25, -0.2) is 22.9 Å². The number of imidazole rings is 1. The van der Waals surface area contributed by atoms with Gasteiger partial charge in [0.15, 0.2) is 5.69 Å². The molecule has 0 saturated heterocycles. The molecule has 1 aliphatic carbocycles. The fraction of sp³-hybridized carbons (Fsp3) is 0.176. The molecular weight excluding hydrogens is 388 g/mol. The molecule has 2 heterocycles. The van der Waals surface area contributed by atoms with Gasteiger partial charge in [-0.2, -0.15) is 0 Å². The van der Waals surface area contributed by atoms with Crippen LogP contribution in [-0.2, 0) is 16.4 Å². The Labute approximate surface area is 157 Å². The van der Waals surface area contributed by atoms with E-state index in [0.717, 1.165) is 6.26 Å². The molecule has 28 heavy (non-hydrogen) atoms. The first kappa shape index (κ1) is 17.9.